The maximum Gasteiger partial charge on any atom is 0.334 e. The van der Waals surface area contributed by atoms with E-state index in [1.807, 2.05) is 0 Å². The van der Waals surface area contributed by atoms with Gasteiger partial charge in [0.05, 0.1) is 14.2 Å². The van der Waals surface area contributed by atoms with Crippen LogP contribution in [0.4, 0.5) is 0 Å². The Morgan fingerprint density at radius 2 is 1.26 bits per heavy atom. The zero-order chi connectivity index (χ0) is 26.5. The highest BCUT2D eigenvalue weighted by Crippen LogP contribution is 2.31. The van der Waals surface area contributed by atoms with Gasteiger partial charge in [-0.2, -0.15) is 0 Å². The predicted molar refractivity (Wildman–Crippen MR) is 148 cm³/mol. The number of methoxy groups -OCH3 is 2. The van der Waals surface area contributed by atoms with E-state index in [1.165, 1.54) is 80.8 Å². The minimum atomic E-state index is -1.71. The smallest absolute Gasteiger partial charge is 0.334 e. The highest BCUT2D eigenvalue weighted by molar-refractivity contribution is 8.76. The number of carbonyl (C=O) groups is 3. The molecule has 0 amide bonds. The number of Topliss-reactive ketones (excluding diaryl/α,β-unsaturated/α-hetero) is 1. The van der Waals surface area contributed by atoms with Gasteiger partial charge in [-0.15, -0.1) is 0 Å². The van der Waals surface area contributed by atoms with Gasteiger partial charge in [-0.05, 0) is 12.8 Å². The lowest BCUT2D eigenvalue weighted by atomic mass is 9.81. The number of hydrogen-bond donors (Lipinski definition) is 2. The highest BCUT2D eigenvalue weighted by Gasteiger charge is 2.45. The molecule has 0 rings (SSSR count). The zero-order valence-electron chi connectivity index (χ0n) is 22.5. The summed E-state index contributed by atoms with van der Waals surface area (Å²) in [4.78, 5) is 37.8. The Kier molecular flexibility index (Phi) is 20.9. The van der Waals surface area contributed by atoms with E-state index in [0.29, 0.717) is 5.75 Å². The fourth-order valence-corrected chi connectivity index (χ4v) is 6.45. The fourth-order valence-electron chi connectivity index (χ4n) is 4.00. The van der Waals surface area contributed by atoms with E-state index in [1.54, 1.807) is 0 Å². The molecule has 0 aromatic rings. The molecule has 0 aromatic heterocycles. The summed E-state index contributed by atoms with van der Waals surface area (Å²) in [5.41, 5.74) is 10.5. The molecule has 0 aliphatic carbocycles. The van der Waals surface area contributed by atoms with Crippen LogP contribution in [0.25, 0.3) is 0 Å². The molecule has 0 spiro atoms. The van der Waals surface area contributed by atoms with Gasteiger partial charge in [-0.25, -0.2) is 4.79 Å². The Morgan fingerprint density at radius 3 is 1.71 bits per heavy atom. The van der Waals surface area contributed by atoms with Crippen LogP contribution in [-0.4, -0.2) is 55.0 Å². The Morgan fingerprint density at radius 1 is 0.771 bits per heavy atom. The first-order valence-electron chi connectivity index (χ1n) is 13.3. The normalized spacial score (nSPS) is 14.7. The van der Waals surface area contributed by atoms with E-state index in [0.717, 1.165) is 44.9 Å². The number of esters is 2. The lowest BCUT2D eigenvalue weighted by molar-refractivity contribution is -0.151. The number of rotatable bonds is 23. The van der Waals surface area contributed by atoms with Gasteiger partial charge in [0, 0.05) is 17.4 Å². The lowest BCUT2D eigenvalue weighted by Crippen LogP contribution is -2.59. The molecule has 35 heavy (non-hydrogen) atoms. The standard InChI is InChI=1S/C26H50N2O5S2/c1-5-7-9-11-12-14-16-18-21(17-15-13-10-8-6-2)23(29)26(28,25(31)33-4)20-35-34-19-22(27)24(30)32-3/h21-22H,5-20,27-28H2,1-4H3/t21?,22-,26+/m0/s1. The summed E-state index contributed by atoms with van der Waals surface area (Å²) >= 11 is 0. The lowest BCUT2D eigenvalue weighted by Gasteiger charge is -2.29. The zero-order valence-corrected chi connectivity index (χ0v) is 24.1. The molecule has 1 unspecified atom stereocenters. The molecule has 0 heterocycles. The average Bonchev–Trinajstić information content (AvgIpc) is 2.87. The van der Waals surface area contributed by atoms with Crippen molar-refractivity contribution in [3.05, 3.63) is 0 Å². The number of unbranched alkanes of at least 4 members (excludes halogenated alkanes) is 10. The first kappa shape index (κ1) is 34.2. The van der Waals surface area contributed by atoms with E-state index < -0.39 is 23.5 Å². The van der Waals surface area contributed by atoms with Crippen molar-refractivity contribution in [2.75, 3.05) is 25.7 Å². The summed E-state index contributed by atoms with van der Waals surface area (Å²) in [6.07, 6.45) is 15.3. The molecule has 0 aliphatic rings. The molecule has 0 saturated heterocycles. The van der Waals surface area contributed by atoms with Crippen LogP contribution in [0.2, 0.25) is 0 Å². The van der Waals surface area contributed by atoms with Crippen LogP contribution >= 0.6 is 21.6 Å². The van der Waals surface area contributed by atoms with Gasteiger partial charge >= 0.3 is 11.9 Å². The van der Waals surface area contributed by atoms with Crippen LogP contribution in [0, 0.1) is 5.92 Å². The molecule has 0 aliphatic heterocycles. The SMILES string of the molecule is CCCCCCCCCC(CCCCCCC)C(=O)[C@](N)(CSSC[C@H](N)C(=O)OC)C(=O)OC. The molecule has 0 fully saturated rings. The first-order valence-corrected chi connectivity index (χ1v) is 15.8. The molecule has 206 valence electrons. The quantitative estimate of drug-likeness (QED) is 0.0765. The highest BCUT2D eigenvalue weighted by atomic mass is 33.1. The van der Waals surface area contributed by atoms with Crippen molar-refractivity contribution in [3.8, 4) is 0 Å². The minimum Gasteiger partial charge on any atom is -0.468 e. The van der Waals surface area contributed by atoms with E-state index in [4.69, 9.17) is 16.2 Å². The predicted octanol–water partition coefficient (Wildman–Crippen LogP) is 5.43. The summed E-state index contributed by atoms with van der Waals surface area (Å²) < 4.78 is 9.58. The van der Waals surface area contributed by atoms with Crippen LogP contribution in [-0.2, 0) is 23.9 Å². The maximum atomic E-state index is 13.6. The van der Waals surface area contributed by atoms with Crippen molar-refractivity contribution in [1.29, 1.82) is 0 Å². The molecule has 0 saturated carbocycles. The van der Waals surface area contributed by atoms with E-state index in [2.05, 4.69) is 18.6 Å². The number of ether oxygens (including phenoxy) is 2. The summed E-state index contributed by atoms with van der Waals surface area (Å²) in [6.45, 7) is 4.39. The first-order chi connectivity index (χ1) is 16.8. The van der Waals surface area contributed by atoms with Crippen molar-refractivity contribution in [2.45, 2.75) is 115 Å². The van der Waals surface area contributed by atoms with Crippen LogP contribution in [0.5, 0.6) is 0 Å². The Balaban J connectivity index is 5.09. The van der Waals surface area contributed by atoms with Gasteiger partial charge in [0.25, 0.3) is 0 Å². The van der Waals surface area contributed by atoms with Crippen LogP contribution < -0.4 is 11.5 Å². The summed E-state index contributed by atoms with van der Waals surface area (Å²) in [5.74, 6) is -1.32. The summed E-state index contributed by atoms with van der Waals surface area (Å²) in [5, 5.41) is 0. The monoisotopic (exact) mass is 534 g/mol. The van der Waals surface area contributed by atoms with E-state index in [9.17, 15) is 14.4 Å². The summed E-state index contributed by atoms with van der Waals surface area (Å²) in [7, 11) is 5.11. The Bertz CT molecular complexity index is 594. The van der Waals surface area contributed by atoms with Crippen molar-refractivity contribution in [2.24, 2.45) is 17.4 Å². The van der Waals surface area contributed by atoms with Gasteiger partial charge in [0.2, 0.25) is 0 Å². The summed E-state index contributed by atoms with van der Waals surface area (Å²) in [6, 6.07) is -0.772. The van der Waals surface area contributed by atoms with Crippen molar-refractivity contribution >= 4 is 39.3 Å². The van der Waals surface area contributed by atoms with Crippen molar-refractivity contribution in [3.63, 3.8) is 0 Å². The molecular weight excluding hydrogens is 484 g/mol. The molecule has 9 heteroatoms. The Labute approximate surface area is 221 Å². The topological polar surface area (TPSA) is 122 Å². The van der Waals surface area contributed by atoms with Crippen LogP contribution in [0.15, 0.2) is 0 Å². The number of ketones is 1. The average molecular weight is 535 g/mol. The second kappa shape index (κ2) is 21.3. The fraction of sp³-hybridized carbons (Fsp3) is 0.885. The molecular formula is C26H50N2O5S2. The molecule has 7 nitrogen and oxygen atoms in total. The molecule has 3 atom stereocenters. The second-order valence-corrected chi connectivity index (χ2v) is 11.8. The third-order valence-corrected chi connectivity index (χ3v) is 8.79. The van der Waals surface area contributed by atoms with Gasteiger partial charge in [0.15, 0.2) is 11.3 Å². The molecule has 0 radical (unpaired) electrons. The maximum absolute atomic E-state index is 13.6. The van der Waals surface area contributed by atoms with Gasteiger partial charge < -0.3 is 20.9 Å². The second-order valence-electron chi connectivity index (χ2n) is 9.31. The number of nitrogens with two attached hydrogens (primary N) is 2. The van der Waals surface area contributed by atoms with Crippen molar-refractivity contribution < 1.29 is 23.9 Å². The van der Waals surface area contributed by atoms with Crippen LogP contribution in [0.1, 0.15) is 104 Å². The third-order valence-electron chi connectivity index (χ3n) is 6.29. The number of hydrogen-bond acceptors (Lipinski definition) is 9. The molecule has 0 aromatic carbocycles. The van der Waals surface area contributed by atoms with Gasteiger partial charge in [0.1, 0.15) is 6.04 Å². The molecule has 4 N–H and O–H groups in total. The number of carbonyl (C=O) groups excluding carboxylic acids is 3. The van der Waals surface area contributed by atoms with E-state index >= 15 is 0 Å². The van der Waals surface area contributed by atoms with Crippen molar-refractivity contribution in [1.82, 2.24) is 0 Å². The van der Waals surface area contributed by atoms with Crippen LogP contribution in [0.3, 0.4) is 0 Å². The van der Waals surface area contributed by atoms with Gasteiger partial charge in [-0.1, -0.05) is 112 Å². The Hall–Kier alpha value is -0.770. The van der Waals surface area contributed by atoms with Gasteiger partial charge in [-0.3, -0.25) is 9.59 Å². The molecule has 0 bridgehead atoms. The third kappa shape index (κ3) is 14.5. The van der Waals surface area contributed by atoms with E-state index in [-0.39, 0.29) is 17.5 Å². The minimum absolute atomic E-state index is 0.0699. The largest absolute Gasteiger partial charge is 0.468 e.